The zero-order chi connectivity index (χ0) is 34.1. The van der Waals surface area contributed by atoms with Crippen LogP contribution in [0, 0.1) is 11.7 Å². The van der Waals surface area contributed by atoms with Gasteiger partial charge in [-0.3, -0.25) is 14.5 Å². The number of rotatable bonds is 8. The van der Waals surface area contributed by atoms with Crippen LogP contribution in [0.25, 0.3) is 0 Å². The number of hydrogen-bond donors (Lipinski definition) is 3. The van der Waals surface area contributed by atoms with Crippen LogP contribution < -0.4 is 10.6 Å². The number of piperazine rings is 1. The first-order valence-electron chi connectivity index (χ1n) is 15.2. The molecule has 3 N–H and O–H groups in total. The number of alkyl halides is 6. The molecule has 9 nitrogen and oxygen atoms in total. The van der Waals surface area contributed by atoms with Crippen LogP contribution in [0.1, 0.15) is 47.2 Å². The fraction of sp³-hybridized carbons (Fsp3) is 0.516. The lowest BCUT2D eigenvalue weighted by molar-refractivity contribution is -0.376. The molecule has 2 aliphatic heterocycles. The van der Waals surface area contributed by atoms with Gasteiger partial charge in [-0.15, -0.1) is 0 Å². The molecule has 0 spiro atoms. The largest absolute Gasteiger partial charge is 0.430 e. The number of anilines is 1. The third-order valence-electron chi connectivity index (χ3n) is 8.76. The average Bonchev–Trinajstić information content (AvgIpc) is 3.70. The Kier molecular flexibility index (Phi) is 9.74. The van der Waals surface area contributed by atoms with Crippen LogP contribution in [-0.4, -0.2) is 95.3 Å². The zero-order valence-corrected chi connectivity index (χ0v) is 25.1. The highest BCUT2D eigenvalue weighted by molar-refractivity contribution is 5.96. The van der Waals surface area contributed by atoms with Crippen molar-refractivity contribution in [2.75, 3.05) is 44.6 Å². The summed E-state index contributed by atoms with van der Waals surface area (Å²) < 4.78 is 93.7. The van der Waals surface area contributed by atoms with Crippen molar-refractivity contribution in [1.29, 1.82) is 0 Å². The van der Waals surface area contributed by atoms with Gasteiger partial charge in [-0.25, -0.2) is 9.18 Å². The lowest BCUT2D eigenvalue weighted by atomic mass is 9.91. The van der Waals surface area contributed by atoms with E-state index in [1.54, 1.807) is 4.90 Å². The standard InChI is InChI=1S/C31H34F7N5O4/c32-24-16-21(5-8-25(24)40-28(46)39-23-9-10-43(18-23)26(44)15-19-1-2-19)27(45)42-13-11-41(12-14-42)17-20-3-6-22(7-4-20)29(47,30(33,34)35)31(36,37)38/h3-8,16,19,23,47H,1-2,9-15,17-18H2,(H2,39,40,46). The second kappa shape index (κ2) is 13.3. The molecule has 2 aromatic carbocycles. The van der Waals surface area contributed by atoms with E-state index in [1.807, 2.05) is 4.90 Å². The van der Waals surface area contributed by atoms with Gasteiger partial charge in [-0.2, -0.15) is 26.3 Å². The molecule has 1 saturated carbocycles. The van der Waals surface area contributed by atoms with Gasteiger partial charge in [0.15, 0.2) is 0 Å². The van der Waals surface area contributed by atoms with E-state index in [0.29, 0.717) is 62.6 Å². The summed E-state index contributed by atoms with van der Waals surface area (Å²) in [6.45, 7) is 2.22. The van der Waals surface area contributed by atoms with Crippen LogP contribution >= 0.6 is 0 Å². The molecular weight excluding hydrogens is 639 g/mol. The number of nitrogens with zero attached hydrogens (tertiary/aromatic N) is 3. The third kappa shape index (κ3) is 7.80. The molecular formula is C31H34F7N5O4. The SMILES string of the molecule is O=C(Nc1ccc(C(=O)N2CCN(Cc3ccc(C(O)(C(F)(F)F)C(F)(F)F)cc3)CC2)cc1F)NC1CCN(C(=O)CC2CC2)C1. The minimum atomic E-state index is -5.97. The average molecular weight is 674 g/mol. The summed E-state index contributed by atoms with van der Waals surface area (Å²) in [6, 6.07) is 6.12. The van der Waals surface area contributed by atoms with Crippen LogP contribution in [0.15, 0.2) is 42.5 Å². The molecule has 1 atom stereocenters. The predicted octanol–water partition coefficient (Wildman–Crippen LogP) is 4.62. The van der Waals surface area contributed by atoms with E-state index in [2.05, 4.69) is 10.6 Å². The third-order valence-corrected chi connectivity index (χ3v) is 8.76. The summed E-state index contributed by atoms with van der Waals surface area (Å²) in [5.74, 6) is -0.725. The van der Waals surface area contributed by atoms with Crippen molar-refractivity contribution in [3.8, 4) is 0 Å². The van der Waals surface area contributed by atoms with Gasteiger partial charge in [-0.1, -0.05) is 24.3 Å². The lowest BCUT2D eigenvalue weighted by Gasteiger charge is -2.35. The highest BCUT2D eigenvalue weighted by Gasteiger charge is 2.71. The lowest BCUT2D eigenvalue weighted by Crippen LogP contribution is -2.53. The van der Waals surface area contributed by atoms with Crippen molar-refractivity contribution in [3.05, 3.63) is 65.0 Å². The maximum Gasteiger partial charge on any atom is 0.430 e. The summed E-state index contributed by atoms with van der Waals surface area (Å²) in [5.41, 5.74) is -6.01. The molecule has 16 heteroatoms. The molecule has 4 amide bonds. The van der Waals surface area contributed by atoms with Gasteiger partial charge in [0, 0.05) is 69.4 Å². The molecule has 2 saturated heterocycles. The van der Waals surface area contributed by atoms with Gasteiger partial charge in [-0.05, 0) is 48.9 Å². The Bertz CT molecular complexity index is 1460. The first-order valence-corrected chi connectivity index (χ1v) is 15.2. The van der Waals surface area contributed by atoms with Gasteiger partial charge in [0.25, 0.3) is 11.5 Å². The van der Waals surface area contributed by atoms with Crippen LogP contribution in [-0.2, 0) is 16.9 Å². The monoisotopic (exact) mass is 673 g/mol. The smallest absolute Gasteiger partial charge is 0.369 e. The highest BCUT2D eigenvalue weighted by atomic mass is 19.4. The van der Waals surface area contributed by atoms with E-state index < -0.39 is 41.3 Å². The van der Waals surface area contributed by atoms with Gasteiger partial charge in [0.05, 0.1) is 5.69 Å². The summed E-state index contributed by atoms with van der Waals surface area (Å²) in [4.78, 5) is 42.9. The molecule has 2 heterocycles. The van der Waals surface area contributed by atoms with E-state index in [-0.39, 0.29) is 42.8 Å². The number of hydrogen-bond acceptors (Lipinski definition) is 5. The zero-order valence-electron chi connectivity index (χ0n) is 25.1. The Morgan fingerprint density at radius 3 is 2.04 bits per heavy atom. The molecule has 0 radical (unpaired) electrons. The van der Waals surface area contributed by atoms with Gasteiger partial charge in [0.2, 0.25) is 5.91 Å². The molecule has 2 aromatic rings. The summed E-state index contributed by atoms with van der Waals surface area (Å²) >= 11 is 0. The first-order chi connectivity index (χ1) is 22.0. The number of benzene rings is 2. The number of carbonyl (C=O) groups excluding carboxylic acids is 3. The summed E-state index contributed by atoms with van der Waals surface area (Å²) in [5, 5.41) is 14.7. The molecule has 0 aromatic heterocycles. The van der Waals surface area contributed by atoms with E-state index in [4.69, 9.17) is 0 Å². The maximum atomic E-state index is 14.9. The molecule has 3 fully saturated rings. The fourth-order valence-electron chi connectivity index (χ4n) is 5.79. The molecule has 1 unspecified atom stereocenters. The van der Waals surface area contributed by atoms with Crippen molar-refractivity contribution in [3.63, 3.8) is 0 Å². The van der Waals surface area contributed by atoms with Crippen LogP contribution in [0.2, 0.25) is 0 Å². The molecule has 256 valence electrons. The van der Waals surface area contributed by atoms with E-state index in [9.17, 15) is 50.2 Å². The quantitative estimate of drug-likeness (QED) is 0.355. The molecule has 1 aliphatic carbocycles. The van der Waals surface area contributed by atoms with Gasteiger partial charge < -0.3 is 25.5 Å². The van der Waals surface area contributed by atoms with Crippen molar-refractivity contribution < 1.29 is 50.2 Å². The molecule has 47 heavy (non-hydrogen) atoms. The second-order valence-corrected chi connectivity index (χ2v) is 12.2. The Morgan fingerprint density at radius 1 is 0.830 bits per heavy atom. The minimum Gasteiger partial charge on any atom is -0.369 e. The number of likely N-dealkylation sites (tertiary alicyclic amines) is 1. The Morgan fingerprint density at radius 2 is 1.47 bits per heavy atom. The number of amides is 4. The Hall–Kier alpha value is -3.92. The minimum absolute atomic E-state index is 0.0555. The van der Waals surface area contributed by atoms with E-state index >= 15 is 0 Å². The fourth-order valence-corrected chi connectivity index (χ4v) is 5.79. The number of nitrogens with one attached hydrogen (secondary N) is 2. The highest BCUT2D eigenvalue weighted by Crippen LogP contribution is 2.50. The molecule has 5 rings (SSSR count). The maximum absolute atomic E-state index is 14.9. The summed E-state index contributed by atoms with van der Waals surface area (Å²) in [6.07, 6.45) is -8.68. The topological polar surface area (TPSA) is 105 Å². The number of aliphatic hydroxyl groups is 1. The second-order valence-electron chi connectivity index (χ2n) is 12.2. The summed E-state index contributed by atoms with van der Waals surface area (Å²) in [7, 11) is 0. The van der Waals surface area contributed by atoms with Crippen molar-refractivity contribution in [2.24, 2.45) is 5.92 Å². The van der Waals surface area contributed by atoms with Gasteiger partial charge >= 0.3 is 18.4 Å². The van der Waals surface area contributed by atoms with Crippen molar-refractivity contribution in [1.82, 2.24) is 20.0 Å². The van der Waals surface area contributed by atoms with Gasteiger partial charge in [0.1, 0.15) is 5.82 Å². The Balaban J connectivity index is 1.09. The van der Waals surface area contributed by atoms with Crippen LogP contribution in [0.5, 0.6) is 0 Å². The van der Waals surface area contributed by atoms with Crippen molar-refractivity contribution >= 4 is 23.5 Å². The normalized spacial score (nSPS) is 19.5. The Labute approximate surface area is 265 Å². The van der Waals surface area contributed by atoms with E-state index in [1.165, 1.54) is 17.0 Å². The number of urea groups is 1. The molecule has 3 aliphatic rings. The number of carbonyl (C=O) groups is 3. The first kappa shape index (κ1) is 34.4. The predicted molar refractivity (Wildman–Crippen MR) is 155 cm³/mol. The van der Waals surface area contributed by atoms with E-state index in [0.717, 1.165) is 31.0 Å². The number of halogens is 7. The molecule has 0 bridgehead atoms. The van der Waals surface area contributed by atoms with Crippen LogP contribution in [0.3, 0.4) is 0 Å². The van der Waals surface area contributed by atoms with Crippen molar-refractivity contribution in [2.45, 2.75) is 56.2 Å². The van der Waals surface area contributed by atoms with Crippen LogP contribution in [0.4, 0.5) is 41.2 Å².